The first kappa shape index (κ1) is 12.1. The number of rotatable bonds is 4. The predicted molar refractivity (Wildman–Crippen MR) is 64.8 cm³/mol. The Kier molecular flexibility index (Phi) is 3.81. The van der Waals surface area contributed by atoms with E-state index in [4.69, 9.17) is 0 Å². The van der Waals surface area contributed by atoms with E-state index in [2.05, 4.69) is 9.69 Å². The number of nitrogens with one attached hydrogen (secondary N) is 1. The van der Waals surface area contributed by atoms with Crippen LogP contribution in [0, 0.1) is 11.6 Å². The van der Waals surface area contributed by atoms with Crippen molar-refractivity contribution in [3.8, 4) is 11.3 Å². The van der Waals surface area contributed by atoms with Gasteiger partial charge in [-0.05, 0) is 36.3 Å². The highest BCUT2D eigenvalue weighted by molar-refractivity contribution is 7.06. The minimum atomic E-state index is -0.582. The summed E-state index contributed by atoms with van der Waals surface area (Å²) < 4.78 is 30.3. The maximum atomic E-state index is 13.0. The lowest BCUT2D eigenvalue weighted by Gasteiger charge is -1.97. The van der Waals surface area contributed by atoms with Crippen molar-refractivity contribution in [1.82, 2.24) is 9.69 Å². The van der Waals surface area contributed by atoms with Crippen LogP contribution >= 0.6 is 11.5 Å². The SMILES string of the molecule is CCNCc1cc(-c2cc(F)cc(F)c2)ns1. The summed E-state index contributed by atoms with van der Waals surface area (Å²) >= 11 is 1.34. The van der Waals surface area contributed by atoms with Crippen LogP contribution in [-0.4, -0.2) is 10.9 Å². The van der Waals surface area contributed by atoms with Gasteiger partial charge in [0.2, 0.25) is 0 Å². The van der Waals surface area contributed by atoms with Crippen LogP contribution < -0.4 is 5.32 Å². The molecule has 0 saturated carbocycles. The summed E-state index contributed by atoms with van der Waals surface area (Å²) in [4.78, 5) is 1.05. The van der Waals surface area contributed by atoms with E-state index >= 15 is 0 Å². The number of halogens is 2. The fraction of sp³-hybridized carbons (Fsp3) is 0.250. The Labute approximate surface area is 102 Å². The Morgan fingerprint density at radius 1 is 1.18 bits per heavy atom. The van der Waals surface area contributed by atoms with Gasteiger partial charge < -0.3 is 5.32 Å². The van der Waals surface area contributed by atoms with Gasteiger partial charge >= 0.3 is 0 Å². The second kappa shape index (κ2) is 5.33. The Bertz CT molecular complexity index is 491. The van der Waals surface area contributed by atoms with Crippen LogP contribution in [0.15, 0.2) is 24.3 Å². The molecule has 0 saturated heterocycles. The number of aromatic nitrogens is 1. The van der Waals surface area contributed by atoms with Gasteiger partial charge in [-0.15, -0.1) is 0 Å². The second-order valence-electron chi connectivity index (χ2n) is 3.62. The van der Waals surface area contributed by atoms with Gasteiger partial charge in [0.25, 0.3) is 0 Å². The first-order valence-electron chi connectivity index (χ1n) is 5.32. The molecule has 17 heavy (non-hydrogen) atoms. The van der Waals surface area contributed by atoms with Gasteiger partial charge in [-0.3, -0.25) is 0 Å². The van der Waals surface area contributed by atoms with Gasteiger partial charge in [-0.25, -0.2) is 8.78 Å². The zero-order valence-corrected chi connectivity index (χ0v) is 10.2. The summed E-state index contributed by atoms with van der Waals surface area (Å²) in [6.07, 6.45) is 0. The third-order valence-electron chi connectivity index (χ3n) is 2.27. The van der Waals surface area contributed by atoms with Gasteiger partial charge in [0.15, 0.2) is 0 Å². The van der Waals surface area contributed by atoms with E-state index in [1.54, 1.807) is 0 Å². The Balaban J connectivity index is 2.24. The van der Waals surface area contributed by atoms with E-state index in [0.29, 0.717) is 11.3 Å². The van der Waals surface area contributed by atoms with Crippen molar-refractivity contribution in [3.63, 3.8) is 0 Å². The third kappa shape index (κ3) is 3.08. The van der Waals surface area contributed by atoms with Crippen LogP contribution in [0.1, 0.15) is 11.8 Å². The zero-order valence-electron chi connectivity index (χ0n) is 9.34. The Morgan fingerprint density at radius 3 is 2.53 bits per heavy atom. The van der Waals surface area contributed by atoms with Crippen LogP contribution in [-0.2, 0) is 6.54 Å². The lowest BCUT2D eigenvalue weighted by atomic mass is 10.1. The molecule has 0 unspecified atom stereocenters. The maximum absolute atomic E-state index is 13.0. The van der Waals surface area contributed by atoms with Crippen molar-refractivity contribution in [2.24, 2.45) is 0 Å². The summed E-state index contributed by atoms with van der Waals surface area (Å²) in [5, 5.41) is 3.17. The van der Waals surface area contributed by atoms with E-state index < -0.39 is 11.6 Å². The monoisotopic (exact) mass is 254 g/mol. The highest BCUT2D eigenvalue weighted by atomic mass is 32.1. The maximum Gasteiger partial charge on any atom is 0.126 e. The molecule has 0 aliphatic rings. The zero-order chi connectivity index (χ0) is 12.3. The minimum Gasteiger partial charge on any atom is -0.312 e. The van der Waals surface area contributed by atoms with Crippen LogP contribution in [0.25, 0.3) is 11.3 Å². The number of hydrogen-bond donors (Lipinski definition) is 1. The summed E-state index contributed by atoms with van der Waals surface area (Å²) in [7, 11) is 0. The summed E-state index contributed by atoms with van der Waals surface area (Å²) in [5.74, 6) is -1.16. The smallest absolute Gasteiger partial charge is 0.126 e. The summed E-state index contributed by atoms with van der Waals surface area (Å²) in [6, 6.07) is 5.28. The first-order valence-corrected chi connectivity index (χ1v) is 6.09. The Hall–Kier alpha value is -1.33. The lowest BCUT2D eigenvalue weighted by molar-refractivity contribution is 0.584. The van der Waals surface area contributed by atoms with Crippen LogP contribution in [0.5, 0.6) is 0 Å². The fourth-order valence-corrected chi connectivity index (χ4v) is 2.19. The molecule has 2 aromatic rings. The van der Waals surface area contributed by atoms with E-state index in [1.165, 1.54) is 23.7 Å². The Morgan fingerprint density at radius 2 is 1.88 bits per heavy atom. The lowest BCUT2D eigenvalue weighted by Crippen LogP contribution is -2.10. The standard InChI is InChI=1S/C12H12F2N2S/c1-2-15-7-11-6-12(16-17-11)8-3-9(13)5-10(14)4-8/h3-6,15H,2,7H2,1H3. The van der Waals surface area contributed by atoms with Crippen molar-refractivity contribution in [3.05, 3.63) is 40.8 Å². The van der Waals surface area contributed by atoms with Gasteiger partial charge in [0.05, 0.1) is 5.69 Å². The van der Waals surface area contributed by atoms with Crippen molar-refractivity contribution < 1.29 is 8.78 Å². The van der Waals surface area contributed by atoms with Crippen molar-refractivity contribution >= 4 is 11.5 Å². The minimum absolute atomic E-state index is 0.474. The van der Waals surface area contributed by atoms with E-state index in [9.17, 15) is 8.78 Å². The van der Waals surface area contributed by atoms with Gasteiger partial charge in [-0.1, -0.05) is 6.92 Å². The molecule has 1 aromatic heterocycles. The molecule has 0 aliphatic carbocycles. The van der Waals surface area contributed by atoms with Gasteiger partial charge in [0, 0.05) is 23.1 Å². The largest absolute Gasteiger partial charge is 0.312 e. The van der Waals surface area contributed by atoms with Crippen LogP contribution in [0.4, 0.5) is 8.78 Å². The van der Waals surface area contributed by atoms with Crippen molar-refractivity contribution in [2.45, 2.75) is 13.5 Å². The highest BCUT2D eigenvalue weighted by Gasteiger charge is 2.07. The van der Waals surface area contributed by atoms with E-state index in [0.717, 1.165) is 24.0 Å². The molecular formula is C12H12F2N2S. The first-order chi connectivity index (χ1) is 8.19. The van der Waals surface area contributed by atoms with Crippen LogP contribution in [0.2, 0.25) is 0 Å². The molecule has 1 aromatic carbocycles. The summed E-state index contributed by atoms with van der Waals surface area (Å²) in [6.45, 7) is 3.62. The quantitative estimate of drug-likeness (QED) is 0.906. The average Bonchev–Trinajstić information content (AvgIpc) is 2.73. The van der Waals surface area contributed by atoms with E-state index in [-0.39, 0.29) is 0 Å². The molecule has 90 valence electrons. The molecule has 0 spiro atoms. The molecule has 2 nitrogen and oxygen atoms in total. The fourth-order valence-electron chi connectivity index (χ4n) is 1.48. The predicted octanol–water partition coefficient (Wildman–Crippen LogP) is 3.20. The van der Waals surface area contributed by atoms with Crippen LogP contribution in [0.3, 0.4) is 0 Å². The molecule has 2 rings (SSSR count). The normalized spacial score (nSPS) is 10.8. The number of benzene rings is 1. The molecule has 0 amide bonds. The molecule has 0 bridgehead atoms. The third-order valence-corrected chi connectivity index (χ3v) is 3.05. The molecule has 0 aliphatic heterocycles. The second-order valence-corrected chi connectivity index (χ2v) is 4.51. The van der Waals surface area contributed by atoms with Gasteiger partial charge in [0.1, 0.15) is 11.6 Å². The molecule has 0 atom stereocenters. The summed E-state index contributed by atoms with van der Waals surface area (Å²) in [5.41, 5.74) is 1.09. The number of nitrogens with zero attached hydrogens (tertiary/aromatic N) is 1. The highest BCUT2D eigenvalue weighted by Crippen LogP contribution is 2.23. The molecule has 1 heterocycles. The molecule has 0 radical (unpaired) electrons. The molecular weight excluding hydrogens is 242 g/mol. The molecule has 5 heteroatoms. The number of hydrogen-bond acceptors (Lipinski definition) is 3. The topological polar surface area (TPSA) is 24.9 Å². The average molecular weight is 254 g/mol. The molecule has 1 N–H and O–H groups in total. The van der Waals surface area contributed by atoms with Crippen molar-refractivity contribution in [2.75, 3.05) is 6.54 Å². The molecule has 0 fully saturated rings. The van der Waals surface area contributed by atoms with E-state index in [1.807, 2.05) is 13.0 Å². The van der Waals surface area contributed by atoms with Crippen molar-refractivity contribution in [1.29, 1.82) is 0 Å². The van der Waals surface area contributed by atoms with Gasteiger partial charge in [-0.2, -0.15) is 4.37 Å².